The van der Waals surface area contributed by atoms with Crippen LogP contribution in [0.25, 0.3) is 10.9 Å². The van der Waals surface area contributed by atoms with Gasteiger partial charge in [-0.25, -0.2) is 4.98 Å². The van der Waals surface area contributed by atoms with Gasteiger partial charge in [0.2, 0.25) is 0 Å². The highest BCUT2D eigenvalue weighted by molar-refractivity contribution is 9.10. The maximum absolute atomic E-state index is 5.69. The third-order valence-corrected chi connectivity index (χ3v) is 4.29. The van der Waals surface area contributed by atoms with Gasteiger partial charge >= 0.3 is 0 Å². The lowest BCUT2D eigenvalue weighted by atomic mass is 10.1. The van der Waals surface area contributed by atoms with Gasteiger partial charge in [-0.3, -0.25) is 0 Å². The summed E-state index contributed by atoms with van der Waals surface area (Å²) in [6, 6.07) is 10.2. The minimum absolute atomic E-state index is 0.592. The summed E-state index contributed by atoms with van der Waals surface area (Å²) in [6.45, 7) is 4.22. The molecule has 0 bridgehead atoms. The number of hydrogen-bond donors (Lipinski definition) is 1. The van der Waals surface area contributed by atoms with Crippen LogP contribution in [0.3, 0.4) is 0 Å². The van der Waals surface area contributed by atoms with E-state index in [2.05, 4.69) is 38.4 Å². The first kappa shape index (κ1) is 15.7. The van der Waals surface area contributed by atoms with Gasteiger partial charge in [0.25, 0.3) is 0 Å². The molecule has 22 heavy (non-hydrogen) atoms. The minimum Gasteiger partial charge on any atom is -0.381 e. The zero-order valence-electron chi connectivity index (χ0n) is 12.6. The first-order chi connectivity index (χ1) is 10.8. The molecule has 3 rings (SSSR count). The molecule has 1 aliphatic rings. The molecule has 2 heterocycles. The van der Waals surface area contributed by atoms with E-state index in [-0.39, 0.29) is 0 Å². The Kier molecular flexibility index (Phi) is 5.64. The molecule has 1 fully saturated rings. The van der Waals surface area contributed by atoms with Crippen LogP contribution in [0.15, 0.2) is 34.8 Å². The van der Waals surface area contributed by atoms with Gasteiger partial charge in [-0.1, -0.05) is 15.9 Å². The van der Waals surface area contributed by atoms with Crippen molar-refractivity contribution < 1.29 is 9.47 Å². The lowest BCUT2D eigenvalue weighted by Crippen LogP contribution is -2.12. The van der Waals surface area contributed by atoms with Crippen LogP contribution in [0.4, 0.5) is 5.82 Å². The van der Waals surface area contributed by atoms with Crippen molar-refractivity contribution in [3.8, 4) is 0 Å². The van der Waals surface area contributed by atoms with Crippen LogP contribution in [-0.4, -0.2) is 38.0 Å². The van der Waals surface area contributed by atoms with Crippen LogP contribution in [0.5, 0.6) is 0 Å². The van der Waals surface area contributed by atoms with Crippen LogP contribution in [-0.2, 0) is 9.47 Å². The average Bonchev–Trinajstić information content (AvgIpc) is 3.04. The summed E-state index contributed by atoms with van der Waals surface area (Å²) in [5.74, 6) is 1.51. The number of hydrogen-bond acceptors (Lipinski definition) is 4. The lowest BCUT2D eigenvalue weighted by molar-refractivity contribution is 0.0897. The predicted molar refractivity (Wildman–Crippen MR) is 92.3 cm³/mol. The Bertz CT molecular complexity index is 615. The van der Waals surface area contributed by atoms with Crippen molar-refractivity contribution in [2.24, 2.45) is 5.92 Å². The van der Waals surface area contributed by atoms with E-state index in [1.54, 1.807) is 0 Å². The third kappa shape index (κ3) is 4.41. The maximum Gasteiger partial charge on any atom is 0.126 e. The highest BCUT2D eigenvalue weighted by Gasteiger charge is 2.15. The number of aromatic nitrogens is 1. The zero-order valence-corrected chi connectivity index (χ0v) is 14.1. The fraction of sp³-hybridized carbons (Fsp3) is 0.471. The quantitative estimate of drug-likeness (QED) is 0.757. The number of ether oxygens (including phenoxy) is 2. The third-order valence-electron chi connectivity index (χ3n) is 3.80. The summed E-state index contributed by atoms with van der Waals surface area (Å²) in [6.07, 6.45) is 2.11. The molecule has 2 aromatic rings. The van der Waals surface area contributed by atoms with E-state index in [9.17, 15) is 0 Å². The van der Waals surface area contributed by atoms with E-state index in [4.69, 9.17) is 9.47 Å². The van der Waals surface area contributed by atoms with Crippen LogP contribution in [0, 0.1) is 5.92 Å². The molecule has 1 saturated heterocycles. The summed E-state index contributed by atoms with van der Waals surface area (Å²) in [5, 5.41) is 4.49. The summed E-state index contributed by atoms with van der Waals surface area (Å²) < 4.78 is 12.1. The van der Waals surface area contributed by atoms with E-state index in [0.29, 0.717) is 5.92 Å². The van der Waals surface area contributed by atoms with E-state index in [1.165, 1.54) is 0 Å². The normalized spacial score (nSPS) is 18.0. The molecule has 5 heteroatoms. The minimum atomic E-state index is 0.592. The van der Waals surface area contributed by atoms with E-state index >= 15 is 0 Å². The number of halogens is 1. The largest absolute Gasteiger partial charge is 0.381 e. The van der Waals surface area contributed by atoms with E-state index in [1.807, 2.05) is 18.2 Å². The molecule has 1 aliphatic heterocycles. The molecule has 0 radical (unpaired) electrons. The Hall–Kier alpha value is -1.17. The molecule has 118 valence electrons. The lowest BCUT2D eigenvalue weighted by Gasteiger charge is -2.10. The van der Waals surface area contributed by atoms with Gasteiger partial charge in [0.05, 0.1) is 18.7 Å². The monoisotopic (exact) mass is 364 g/mol. The zero-order chi connectivity index (χ0) is 15.2. The van der Waals surface area contributed by atoms with Crippen LogP contribution >= 0.6 is 15.9 Å². The average molecular weight is 365 g/mol. The van der Waals surface area contributed by atoms with Crippen LogP contribution in [0.1, 0.15) is 12.8 Å². The van der Waals surface area contributed by atoms with Crippen LogP contribution < -0.4 is 5.32 Å². The molecule has 1 aromatic carbocycles. The maximum atomic E-state index is 5.69. The topological polar surface area (TPSA) is 43.4 Å². The molecule has 0 saturated carbocycles. The molecular weight excluding hydrogens is 344 g/mol. The predicted octanol–water partition coefficient (Wildman–Crippen LogP) is 3.85. The second kappa shape index (κ2) is 7.90. The summed E-state index contributed by atoms with van der Waals surface area (Å²) in [7, 11) is 0. The fourth-order valence-electron chi connectivity index (χ4n) is 2.55. The molecule has 1 N–H and O–H groups in total. The van der Waals surface area contributed by atoms with E-state index < -0.39 is 0 Å². The van der Waals surface area contributed by atoms with Gasteiger partial charge in [-0.05, 0) is 43.2 Å². The first-order valence-corrected chi connectivity index (χ1v) is 8.56. The number of nitrogens with one attached hydrogen (secondary N) is 1. The summed E-state index contributed by atoms with van der Waals surface area (Å²) in [4.78, 5) is 4.61. The van der Waals surface area contributed by atoms with Gasteiger partial charge in [0, 0.05) is 35.5 Å². The SMILES string of the molecule is Brc1ccc2nc(NCCCOCC3CCOC3)ccc2c1. The highest BCUT2D eigenvalue weighted by atomic mass is 79.9. The highest BCUT2D eigenvalue weighted by Crippen LogP contribution is 2.20. The molecule has 1 atom stereocenters. The second-order valence-corrected chi connectivity index (χ2v) is 6.53. The van der Waals surface area contributed by atoms with Gasteiger partial charge in [-0.15, -0.1) is 0 Å². The summed E-state index contributed by atoms with van der Waals surface area (Å²) in [5.41, 5.74) is 1.01. The van der Waals surface area contributed by atoms with Crippen molar-refractivity contribution in [1.29, 1.82) is 0 Å². The molecular formula is C17H21BrN2O2. The molecule has 0 aliphatic carbocycles. The second-order valence-electron chi connectivity index (χ2n) is 5.62. The number of benzene rings is 1. The number of nitrogens with zero attached hydrogens (tertiary/aromatic N) is 1. The van der Waals surface area contributed by atoms with Crippen molar-refractivity contribution in [3.63, 3.8) is 0 Å². The van der Waals surface area contributed by atoms with Crippen molar-refractivity contribution in [3.05, 3.63) is 34.8 Å². The molecule has 0 spiro atoms. The molecule has 0 amide bonds. The number of fused-ring (bicyclic) bond motifs is 1. The van der Waals surface area contributed by atoms with Gasteiger partial charge in [-0.2, -0.15) is 0 Å². The van der Waals surface area contributed by atoms with Gasteiger partial charge < -0.3 is 14.8 Å². The Labute approximate surface area is 139 Å². The van der Waals surface area contributed by atoms with Crippen molar-refractivity contribution in [2.75, 3.05) is 38.3 Å². The summed E-state index contributed by atoms with van der Waals surface area (Å²) >= 11 is 3.48. The fourth-order valence-corrected chi connectivity index (χ4v) is 2.93. The molecule has 4 nitrogen and oxygen atoms in total. The van der Waals surface area contributed by atoms with Crippen LogP contribution in [0.2, 0.25) is 0 Å². The van der Waals surface area contributed by atoms with Crippen molar-refractivity contribution in [1.82, 2.24) is 4.98 Å². The molecule has 1 unspecified atom stereocenters. The van der Waals surface area contributed by atoms with Crippen molar-refractivity contribution in [2.45, 2.75) is 12.8 Å². The first-order valence-electron chi connectivity index (χ1n) is 7.77. The number of pyridine rings is 1. The van der Waals surface area contributed by atoms with Crippen molar-refractivity contribution >= 4 is 32.7 Å². The van der Waals surface area contributed by atoms with Gasteiger partial charge in [0.15, 0.2) is 0 Å². The number of rotatable bonds is 7. The van der Waals surface area contributed by atoms with Gasteiger partial charge in [0.1, 0.15) is 5.82 Å². The number of anilines is 1. The Morgan fingerprint density at radius 3 is 3.14 bits per heavy atom. The standard InChI is InChI=1S/C17H21BrN2O2/c18-15-3-4-16-14(10-15)2-5-17(20-16)19-7-1-8-21-11-13-6-9-22-12-13/h2-5,10,13H,1,6-9,11-12H2,(H,19,20). The Balaban J connectivity index is 1.39. The van der Waals surface area contributed by atoms with E-state index in [0.717, 1.165) is 67.0 Å². The Morgan fingerprint density at radius 1 is 1.32 bits per heavy atom. The smallest absolute Gasteiger partial charge is 0.126 e. The molecule has 1 aromatic heterocycles. The Morgan fingerprint density at radius 2 is 2.27 bits per heavy atom.